The number of hydrogen-bond donors (Lipinski definition) is 1. The normalized spacial score (nSPS) is 22.5. The molecule has 0 aliphatic carbocycles. The van der Waals surface area contributed by atoms with Crippen LogP contribution in [0.5, 0.6) is 0 Å². The van der Waals surface area contributed by atoms with Crippen molar-refractivity contribution in [2.24, 2.45) is 0 Å². The molecule has 7 nitrogen and oxygen atoms in total. The average Bonchev–Trinajstić information content (AvgIpc) is 3.12. The van der Waals surface area contributed by atoms with Crippen LogP contribution in [0.1, 0.15) is 25.7 Å². The summed E-state index contributed by atoms with van der Waals surface area (Å²) in [5.74, 6) is 0.0818. The third kappa shape index (κ3) is 2.93. The number of hydrogen-bond acceptors (Lipinski definition) is 6. The number of carbonyl (C=O) groups excluding carboxylic acids is 1. The van der Waals surface area contributed by atoms with Gasteiger partial charge in [-0.1, -0.05) is 11.6 Å². The number of anilines is 2. The molecule has 0 saturated carbocycles. The van der Waals surface area contributed by atoms with E-state index in [-0.39, 0.29) is 5.91 Å². The summed E-state index contributed by atoms with van der Waals surface area (Å²) in [7, 11) is 2.11. The van der Waals surface area contributed by atoms with Crippen LogP contribution in [-0.4, -0.2) is 53.5 Å². The lowest BCUT2D eigenvalue weighted by molar-refractivity contribution is -0.117. The Balaban J connectivity index is 1.65. The summed E-state index contributed by atoms with van der Waals surface area (Å²) in [6.45, 7) is 2.74. The van der Waals surface area contributed by atoms with Gasteiger partial charge in [-0.05, 0) is 32.9 Å². The van der Waals surface area contributed by atoms with Gasteiger partial charge in [0.25, 0.3) is 6.01 Å². The van der Waals surface area contributed by atoms with Crippen molar-refractivity contribution in [2.45, 2.75) is 31.7 Å². The van der Waals surface area contributed by atoms with Crippen LogP contribution in [0.25, 0.3) is 11.2 Å². The van der Waals surface area contributed by atoms with Gasteiger partial charge in [-0.3, -0.25) is 4.79 Å². The molecule has 0 unspecified atom stereocenters. The molecule has 2 aromatic rings. The standard InChI is InChI=1S/C16H20ClN5O2/c1-21-6-2-4-10(9-21)18-16-20-15-14(24-16)11(8-12(17)19-15)22-7-3-5-13(22)23/h8,10H,2-7,9H2,1H3,(H,18,19,20)/t10-/m1/s1. The number of amides is 1. The van der Waals surface area contributed by atoms with E-state index in [1.165, 1.54) is 0 Å². The third-order valence-electron chi connectivity index (χ3n) is 4.63. The summed E-state index contributed by atoms with van der Waals surface area (Å²) < 4.78 is 5.90. The van der Waals surface area contributed by atoms with Gasteiger partial charge >= 0.3 is 0 Å². The number of pyridine rings is 1. The predicted octanol–water partition coefficient (Wildman–Crippen LogP) is 2.51. The number of nitrogens with zero attached hydrogens (tertiary/aromatic N) is 4. The summed E-state index contributed by atoms with van der Waals surface area (Å²) in [4.78, 5) is 24.7. The van der Waals surface area contributed by atoms with Gasteiger partial charge in [-0.15, -0.1) is 0 Å². The molecule has 2 aliphatic heterocycles. The zero-order chi connectivity index (χ0) is 16.7. The lowest BCUT2D eigenvalue weighted by Crippen LogP contribution is -2.39. The molecule has 0 bridgehead atoms. The largest absolute Gasteiger partial charge is 0.420 e. The number of oxazole rings is 1. The maximum Gasteiger partial charge on any atom is 0.297 e. The Hall–Kier alpha value is -1.86. The number of rotatable bonds is 3. The van der Waals surface area contributed by atoms with Crippen molar-refractivity contribution in [1.82, 2.24) is 14.9 Å². The van der Waals surface area contributed by atoms with Gasteiger partial charge in [0.05, 0.1) is 5.69 Å². The molecule has 24 heavy (non-hydrogen) atoms. The fourth-order valence-electron chi connectivity index (χ4n) is 3.49. The maximum absolute atomic E-state index is 12.1. The second-order valence-corrected chi connectivity index (χ2v) is 6.92. The smallest absolute Gasteiger partial charge is 0.297 e. The third-order valence-corrected chi connectivity index (χ3v) is 4.82. The lowest BCUT2D eigenvalue weighted by Gasteiger charge is -2.29. The van der Waals surface area contributed by atoms with Crippen molar-refractivity contribution in [1.29, 1.82) is 0 Å². The summed E-state index contributed by atoms with van der Waals surface area (Å²) >= 11 is 6.11. The van der Waals surface area contributed by atoms with Crippen molar-refractivity contribution in [2.75, 3.05) is 36.9 Å². The quantitative estimate of drug-likeness (QED) is 0.858. The molecular weight excluding hydrogens is 330 g/mol. The first-order valence-corrected chi connectivity index (χ1v) is 8.70. The second-order valence-electron chi connectivity index (χ2n) is 6.53. The minimum Gasteiger partial charge on any atom is -0.420 e. The van der Waals surface area contributed by atoms with E-state index in [0.717, 1.165) is 32.4 Å². The van der Waals surface area contributed by atoms with E-state index in [0.29, 0.717) is 47.1 Å². The van der Waals surface area contributed by atoms with E-state index < -0.39 is 0 Å². The highest BCUT2D eigenvalue weighted by Crippen LogP contribution is 2.33. The number of fused-ring (bicyclic) bond motifs is 1. The monoisotopic (exact) mass is 349 g/mol. The molecule has 4 rings (SSSR count). The molecule has 1 atom stereocenters. The zero-order valence-electron chi connectivity index (χ0n) is 13.6. The number of halogens is 1. The molecule has 2 saturated heterocycles. The Labute approximate surface area is 145 Å². The molecule has 0 spiro atoms. The minimum absolute atomic E-state index is 0.0818. The van der Waals surface area contributed by atoms with Crippen LogP contribution in [0.15, 0.2) is 10.5 Å². The van der Waals surface area contributed by atoms with E-state index in [4.69, 9.17) is 16.0 Å². The van der Waals surface area contributed by atoms with Crippen LogP contribution >= 0.6 is 11.6 Å². The fourth-order valence-corrected chi connectivity index (χ4v) is 3.67. The first-order chi connectivity index (χ1) is 11.6. The maximum atomic E-state index is 12.1. The summed E-state index contributed by atoms with van der Waals surface area (Å²) in [5.41, 5.74) is 1.61. The van der Waals surface area contributed by atoms with Gasteiger partial charge in [0.2, 0.25) is 11.6 Å². The summed E-state index contributed by atoms with van der Waals surface area (Å²) in [5, 5.41) is 3.66. The topological polar surface area (TPSA) is 74.5 Å². The van der Waals surface area contributed by atoms with Gasteiger partial charge < -0.3 is 19.5 Å². The number of aromatic nitrogens is 2. The van der Waals surface area contributed by atoms with E-state index in [2.05, 4.69) is 27.2 Å². The van der Waals surface area contributed by atoms with Crippen molar-refractivity contribution >= 4 is 40.4 Å². The number of carbonyl (C=O) groups is 1. The van der Waals surface area contributed by atoms with Crippen LogP contribution in [0, 0.1) is 0 Å². The highest BCUT2D eigenvalue weighted by molar-refractivity contribution is 6.30. The first-order valence-electron chi connectivity index (χ1n) is 8.32. The Morgan fingerprint density at radius 3 is 2.96 bits per heavy atom. The molecule has 2 aromatic heterocycles. The van der Waals surface area contributed by atoms with Crippen molar-refractivity contribution in [3.05, 3.63) is 11.2 Å². The number of likely N-dealkylation sites (tertiary alicyclic amines) is 1. The van der Waals surface area contributed by atoms with Crippen LogP contribution in [0.3, 0.4) is 0 Å². The van der Waals surface area contributed by atoms with Gasteiger partial charge in [0.1, 0.15) is 5.15 Å². The minimum atomic E-state index is 0.0818. The molecule has 1 N–H and O–H groups in total. The molecule has 0 aromatic carbocycles. The highest BCUT2D eigenvalue weighted by Gasteiger charge is 2.27. The van der Waals surface area contributed by atoms with E-state index in [1.54, 1.807) is 11.0 Å². The fraction of sp³-hybridized carbons (Fsp3) is 0.562. The highest BCUT2D eigenvalue weighted by atomic mass is 35.5. The van der Waals surface area contributed by atoms with Crippen LogP contribution in [0.4, 0.5) is 11.7 Å². The van der Waals surface area contributed by atoms with Gasteiger partial charge in [-0.25, -0.2) is 4.98 Å². The van der Waals surface area contributed by atoms with Crippen molar-refractivity contribution in [3.8, 4) is 0 Å². The van der Waals surface area contributed by atoms with Crippen molar-refractivity contribution < 1.29 is 9.21 Å². The molecule has 4 heterocycles. The zero-order valence-corrected chi connectivity index (χ0v) is 14.3. The number of likely N-dealkylation sites (N-methyl/N-ethyl adjacent to an activating group) is 1. The van der Waals surface area contributed by atoms with Crippen molar-refractivity contribution in [3.63, 3.8) is 0 Å². The molecule has 2 fully saturated rings. The number of nitrogens with one attached hydrogen (secondary N) is 1. The SMILES string of the molecule is CN1CCC[C@@H](Nc2nc3nc(Cl)cc(N4CCCC4=O)c3o2)C1. The predicted molar refractivity (Wildman–Crippen MR) is 92.5 cm³/mol. The Morgan fingerprint density at radius 1 is 1.33 bits per heavy atom. The first kappa shape index (κ1) is 15.7. The molecule has 8 heteroatoms. The van der Waals surface area contributed by atoms with E-state index in [1.807, 2.05) is 0 Å². The molecular formula is C16H20ClN5O2. The number of piperidine rings is 1. The molecule has 2 aliphatic rings. The Morgan fingerprint density at radius 2 is 2.21 bits per heavy atom. The van der Waals surface area contributed by atoms with Crippen LogP contribution in [0.2, 0.25) is 5.15 Å². The van der Waals surface area contributed by atoms with Gasteiger partial charge in [-0.2, -0.15) is 4.98 Å². The summed E-state index contributed by atoms with van der Waals surface area (Å²) in [6, 6.07) is 2.41. The lowest BCUT2D eigenvalue weighted by atomic mass is 10.1. The average molecular weight is 350 g/mol. The van der Waals surface area contributed by atoms with E-state index >= 15 is 0 Å². The van der Waals surface area contributed by atoms with Gasteiger partial charge in [0, 0.05) is 31.6 Å². The molecule has 0 radical (unpaired) electrons. The van der Waals surface area contributed by atoms with E-state index in [9.17, 15) is 4.79 Å². The van der Waals surface area contributed by atoms with Gasteiger partial charge in [0.15, 0.2) is 5.58 Å². The second kappa shape index (κ2) is 6.22. The molecule has 1 amide bonds. The summed E-state index contributed by atoms with van der Waals surface area (Å²) in [6.07, 6.45) is 3.61. The van der Waals surface area contributed by atoms with Crippen LogP contribution < -0.4 is 10.2 Å². The Bertz CT molecular complexity index is 777. The Kier molecular flexibility index (Phi) is 4.05. The molecule has 128 valence electrons. The van der Waals surface area contributed by atoms with Crippen LogP contribution in [-0.2, 0) is 4.79 Å².